The fourth-order valence-electron chi connectivity index (χ4n) is 2.62. The molecule has 0 spiro atoms. The number of hydrogen-bond acceptors (Lipinski definition) is 6. The number of imidazole rings is 1. The number of hydrogen-bond donors (Lipinski definition) is 1. The molecule has 3 aromatic rings. The van der Waals surface area contributed by atoms with Crippen LogP contribution >= 0.6 is 23.5 Å². The number of nitrogens with one attached hydrogen (secondary N) is 1. The quantitative estimate of drug-likeness (QED) is 0.739. The molecule has 26 heavy (non-hydrogen) atoms. The third kappa shape index (κ3) is 3.91. The van der Waals surface area contributed by atoms with E-state index in [1.54, 1.807) is 35.4 Å². The highest BCUT2D eigenvalue weighted by atomic mass is 32.2. The van der Waals surface area contributed by atoms with Crippen LogP contribution in [0.3, 0.4) is 0 Å². The van der Waals surface area contributed by atoms with Crippen LogP contribution in [0.5, 0.6) is 0 Å². The first-order valence-electron chi connectivity index (χ1n) is 8.26. The van der Waals surface area contributed by atoms with Crippen molar-refractivity contribution in [2.75, 3.05) is 16.8 Å². The summed E-state index contributed by atoms with van der Waals surface area (Å²) in [7, 11) is 0. The maximum Gasteiger partial charge on any atom is 0.276 e. The summed E-state index contributed by atoms with van der Waals surface area (Å²) in [5, 5.41) is 11.0. The molecule has 0 radical (unpaired) electrons. The fraction of sp³-hybridized carbons (Fsp3) is 0.222. The van der Waals surface area contributed by atoms with Crippen LogP contribution in [0.4, 0.5) is 5.69 Å². The van der Waals surface area contributed by atoms with Crippen molar-refractivity contribution >= 4 is 35.1 Å². The Morgan fingerprint density at radius 2 is 2.04 bits per heavy atom. The number of anilines is 1. The third-order valence-corrected chi connectivity index (χ3v) is 6.91. The molecule has 1 N–H and O–H groups in total. The lowest BCUT2D eigenvalue weighted by molar-refractivity contribution is 0.102. The fourth-order valence-corrected chi connectivity index (χ4v) is 5.49. The summed E-state index contributed by atoms with van der Waals surface area (Å²) in [6, 6.07) is 11.4. The van der Waals surface area contributed by atoms with Crippen LogP contribution in [0.25, 0.3) is 5.82 Å². The van der Waals surface area contributed by atoms with Crippen molar-refractivity contribution in [3.05, 3.63) is 66.4 Å². The lowest BCUT2D eigenvalue weighted by atomic mass is 10.2. The van der Waals surface area contributed by atoms with Crippen molar-refractivity contribution in [3.8, 4) is 5.82 Å². The standard InChI is InChI=1S/C18H17N5OS2/c24-17(15-5-6-16(22-21-15)23-8-7-19-12-23)20-14-4-1-3-13(11-14)18-25-9-2-10-26-18/h1,3-8,11-12,18H,2,9-10H2,(H,20,24). The normalized spacial score (nSPS) is 14.9. The first-order valence-corrected chi connectivity index (χ1v) is 10.4. The van der Waals surface area contributed by atoms with Crippen LogP contribution in [0.2, 0.25) is 0 Å². The Balaban J connectivity index is 1.46. The second-order valence-electron chi connectivity index (χ2n) is 5.75. The molecule has 132 valence electrons. The highest BCUT2D eigenvalue weighted by Crippen LogP contribution is 2.44. The summed E-state index contributed by atoms with van der Waals surface area (Å²) in [6.45, 7) is 0. The highest BCUT2D eigenvalue weighted by molar-refractivity contribution is 8.16. The summed E-state index contributed by atoms with van der Waals surface area (Å²) >= 11 is 3.92. The lowest BCUT2D eigenvalue weighted by Gasteiger charge is -2.21. The number of amides is 1. The second-order valence-corrected chi connectivity index (χ2v) is 8.48. The smallest absolute Gasteiger partial charge is 0.276 e. The highest BCUT2D eigenvalue weighted by Gasteiger charge is 2.17. The monoisotopic (exact) mass is 383 g/mol. The second kappa shape index (κ2) is 7.92. The Bertz CT molecular complexity index is 877. The molecular weight excluding hydrogens is 366 g/mol. The van der Waals surface area contributed by atoms with Crippen LogP contribution in [0, 0.1) is 0 Å². The summed E-state index contributed by atoms with van der Waals surface area (Å²) in [5.41, 5.74) is 2.29. The van der Waals surface area contributed by atoms with Crippen molar-refractivity contribution in [2.24, 2.45) is 0 Å². The predicted octanol–water partition coefficient (Wildman–Crippen LogP) is 3.78. The Kier molecular flexibility index (Phi) is 5.21. The number of carbonyl (C=O) groups is 1. The summed E-state index contributed by atoms with van der Waals surface area (Å²) in [4.78, 5) is 16.4. The minimum atomic E-state index is -0.268. The molecule has 1 aromatic carbocycles. The van der Waals surface area contributed by atoms with E-state index in [-0.39, 0.29) is 11.6 Å². The SMILES string of the molecule is O=C(Nc1cccc(C2SCCCS2)c1)c1ccc(-n2ccnc2)nn1. The van der Waals surface area contributed by atoms with Gasteiger partial charge < -0.3 is 5.32 Å². The van der Waals surface area contributed by atoms with E-state index in [9.17, 15) is 4.79 Å². The average molecular weight is 384 g/mol. The summed E-state index contributed by atoms with van der Waals surface area (Å²) in [5.74, 6) is 2.73. The topological polar surface area (TPSA) is 72.7 Å². The van der Waals surface area contributed by atoms with Crippen molar-refractivity contribution in [1.82, 2.24) is 19.7 Å². The Labute approximate surface area is 159 Å². The maximum atomic E-state index is 12.5. The first kappa shape index (κ1) is 17.1. The van der Waals surface area contributed by atoms with E-state index >= 15 is 0 Å². The largest absolute Gasteiger partial charge is 0.321 e. The Hall–Kier alpha value is -2.32. The number of rotatable bonds is 4. The minimum Gasteiger partial charge on any atom is -0.321 e. The molecule has 1 amide bonds. The zero-order chi connectivity index (χ0) is 17.8. The van der Waals surface area contributed by atoms with Gasteiger partial charge >= 0.3 is 0 Å². The molecule has 0 aliphatic carbocycles. The van der Waals surface area contributed by atoms with Crippen molar-refractivity contribution < 1.29 is 4.79 Å². The lowest BCUT2D eigenvalue weighted by Crippen LogP contribution is -2.15. The molecule has 1 aliphatic heterocycles. The van der Waals surface area contributed by atoms with E-state index in [1.807, 2.05) is 41.7 Å². The van der Waals surface area contributed by atoms with Gasteiger partial charge in [0.25, 0.3) is 5.91 Å². The van der Waals surface area contributed by atoms with E-state index in [4.69, 9.17) is 0 Å². The molecule has 8 heteroatoms. The molecule has 2 aromatic heterocycles. The van der Waals surface area contributed by atoms with Gasteiger partial charge in [-0.3, -0.25) is 9.36 Å². The molecule has 1 fully saturated rings. The van der Waals surface area contributed by atoms with Crippen LogP contribution in [0.15, 0.2) is 55.1 Å². The zero-order valence-electron chi connectivity index (χ0n) is 13.9. The molecule has 3 heterocycles. The molecule has 0 atom stereocenters. The Morgan fingerprint density at radius 1 is 1.15 bits per heavy atom. The number of benzene rings is 1. The minimum absolute atomic E-state index is 0.268. The van der Waals surface area contributed by atoms with Crippen LogP contribution in [0.1, 0.15) is 27.1 Å². The molecule has 1 saturated heterocycles. The van der Waals surface area contributed by atoms with Crippen LogP contribution in [-0.4, -0.2) is 37.2 Å². The van der Waals surface area contributed by atoms with Crippen LogP contribution < -0.4 is 5.32 Å². The van der Waals surface area contributed by atoms with E-state index < -0.39 is 0 Å². The zero-order valence-corrected chi connectivity index (χ0v) is 15.5. The van der Waals surface area contributed by atoms with Gasteiger partial charge in [0.2, 0.25) is 0 Å². The third-order valence-electron chi connectivity index (χ3n) is 3.90. The molecule has 0 bridgehead atoms. The van der Waals surface area contributed by atoms with E-state index in [0.29, 0.717) is 10.4 Å². The van der Waals surface area contributed by atoms with Gasteiger partial charge in [-0.05, 0) is 47.8 Å². The maximum absolute atomic E-state index is 12.5. The molecule has 4 rings (SSSR count). The van der Waals surface area contributed by atoms with Crippen LogP contribution in [-0.2, 0) is 0 Å². The number of nitrogens with zero attached hydrogens (tertiary/aromatic N) is 4. The molecule has 0 unspecified atom stereocenters. The average Bonchev–Trinajstić information content (AvgIpc) is 3.24. The van der Waals surface area contributed by atoms with Gasteiger partial charge in [0.05, 0.1) is 4.58 Å². The van der Waals surface area contributed by atoms with Gasteiger partial charge in [-0.2, -0.15) is 0 Å². The van der Waals surface area contributed by atoms with Crippen molar-refractivity contribution in [3.63, 3.8) is 0 Å². The molecule has 6 nitrogen and oxygen atoms in total. The van der Waals surface area contributed by atoms with Gasteiger partial charge in [0.15, 0.2) is 11.5 Å². The van der Waals surface area contributed by atoms with Gasteiger partial charge in [0.1, 0.15) is 6.33 Å². The van der Waals surface area contributed by atoms with E-state index in [0.717, 1.165) is 5.69 Å². The Morgan fingerprint density at radius 3 is 2.77 bits per heavy atom. The molecule has 1 aliphatic rings. The van der Waals surface area contributed by atoms with Gasteiger partial charge in [0, 0.05) is 18.1 Å². The number of carbonyl (C=O) groups excluding carboxylic acids is 1. The van der Waals surface area contributed by atoms with Crippen molar-refractivity contribution in [2.45, 2.75) is 11.0 Å². The van der Waals surface area contributed by atoms with E-state index in [2.05, 4.69) is 26.6 Å². The molecular formula is C18H17N5OS2. The van der Waals surface area contributed by atoms with Crippen molar-refractivity contribution in [1.29, 1.82) is 0 Å². The van der Waals surface area contributed by atoms with Gasteiger partial charge in [-0.1, -0.05) is 12.1 Å². The molecule has 0 saturated carbocycles. The first-order chi connectivity index (χ1) is 12.8. The summed E-state index contributed by atoms with van der Waals surface area (Å²) < 4.78 is 2.17. The number of thioether (sulfide) groups is 2. The van der Waals surface area contributed by atoms with Gasteiger partial charge in [-0.25, -0.2) is 4.98 Å². The summed E-state index contributed by atoms with van der Waals surface area (Å²) in [6.07, 6.45) is 6.33. The number of aromatic nitrogens is 4. The van der Waals surface area contributed by atoms with Gasteiger partial charge in [-0.15, -0.1) is 33.7 Å². The predicted molar refractivity (Wildman–Crippen MR) is 106 cm³/mol. The van der Waals surface area contributed by atoms with E-state index in [1.165, 1.54) is 23.5 Å².